The molecule has 19 heavy (non-hydrogen) atoms. The van der Waals surface area contributed by atoms with Gasteiger partial charge >= 0.3 is 0 Å². The highest BCUT2D eigenvalue weighted by Crippen LogP contribution is 2.43. The number of carbonyl (C=O) groups is 1. The lowest BCUT2D eigenvalue weighted by Crippen LogP contribution is -2.26. The number of amides is 1. The molecule has 0 aromatic heterocycles. The Kier molecular flexibility index (Phi) is 3.34. The van der Waals surface area contributed by atoms with E-state index in [9.17, 15) is 4.79 Å². The lowest BCUT2D eigenvalue weighted by molar-refractivity contribution is -0.118. The zero-order valence-corrected chi connectivity index (χ0v) is 11.9. The Morgan fingerprint density at radius 1 is 1.21 bits per heavy atom. The van der Waals surface area contributed by atoms with Gasteiger partial charge in [0, 0.05) is 5.69 Å². The topological polar surface area (TPSA) is 29.1 Å². The average molecular weight is 257 g/mol. The van der Waals surface area contributed by atoms with Crippen molar-refractivity contribution in [1.82, 2.24) is 0 Å². The predicted octanol–water partition coefficient (Wildman–Crippen LogP) is 4.25. The molecule has 1 saturated carbocycles. The van der Waals surface area contributed by atoms with Gasteiger partial charge < -0.3 is 5.32 Å². The Bertz CT molecular complexity index is 488. The van der Waals surface area contributed by atoms with E-state index in [-0.39, 0.29) is 11.8 Å². The summed E-state index contributed by atoms with van der Waals surface area (Å²) in [7, 11) is 0. The number of nitrogens with one attached hydrogen (secondary N) is 1. The van der Waals surface area contributed by atoms with Crippen LogP contribution in [-0.2, 0) is 4.79 Å². The van der Waals surface area contributed by atoms with Crippen LogP contribution >= 0.6 is 0 Å². The van der Waals surface area contributed by atoms with E-state index < -0.39 is 0 Å². The minimum absolute atomic E-state index is 0.0676. The first kappa shape index (κ1) is 12.7. The van der Waals surface area contributed by atoms with E-state index in [0.29, 0.717) is 5.92 Å². The number of aryl methyl sites for hydroxylation is 1. The molecule has 2 nitrogen and oxygen atoms in total. The van der Waals surface area contributed by atoms with Gasteiger partial charge in [-0.15, -0.1) is 0 Å². The zero-order valence-electron chi connectivity index (χ0n) is 11.9. The minimum Gasteiger partial charge on any atom is -0.325 e. The first-order chi connectivity index (χ1) is 9.16. The molecular weight excluding hydrogens is 234 g/mol. The van der Waals surface area contributed by atoms with Crippen LogP contribution in [0.3, 0.4) is 0 Å². The molecule has 0 radical (unpaired) electrons. The second kappa shape index (κ2) is 4.99. The Morgan fingerprint density at radius 3 is 2.68 bits per heavy atom. The molecule has 2 aliphatic rings. The average Bonchev–Trinajstić information content (AvgIpc) is 2.74. The number of hydrogen-bond donors (Lipinski definition) is 1. The maximum absolute atomic E-state index is 12.3. The molecule has 3 rings (SSSR count). The fourth-order valence-electron chi connectivity index (χ4n) is 3.86. The summed E-state index contributed by atoms with van der Waals surface area (Å²) in [5.41, 5.74) is 3.50. The third-order valence-electron chi connectivity index (χ3n) is 5.00. The molecule has 1 N–H and O–H groups in total. The summed E-state index contributed by atoms with van der Waals surface area (Å²) in [4.78, 5) is 12.3. The van der Waals surface area contributed by atoms with Gasteiger partial charge in [-0.1, -0.05) is 56.7 Å². The second-order valence-electron chi connectivity index (χ2n) is 6.31. The molecule has 102 valence electrons. The second-order valence-corrected chi connectivity index (χ2v) is 6.31. The summed E-state index contributed by atoms with van der Waals surface area (Å²) in [6, 6.07) is 6.32. The van der Waals surface area contributed by atoms with Crippen LogP contribution in [0.1, 0.15) is 56.1 Å². The van der Waals surface area contributed by atoms with E-state index >= 15 is 0 Å². The minimum atomic E-state index is 0.0676. The Morgan fingerprint density at radius 2 is 1.95 bits per heavy atom. The van der Waals surface area contributed by atoms with Gasteiger partial charge in [0.25, 0.3) is 0 Å². The summed E-state index contributed by atoms with van der Waals surface area (Å²) >= 11 is 0. The van der Waals surface area contributed by atoms with Gasteiger partial charge in [-0.3, -0.25) is 4.79 Å². The maximum atomic E-state index is 12.3. The van der Waals surface area contributed by atoms with Gasteiger partial charge in [0.15, 0.2) is 0 Å². The van der Waals surface area contributed by atoms with Gasteiger partial charge in [-0.05, 0) is 30.4 Å². The normalized spacial score (nSPS) is 24.9. The summed E-state index contributed by atoms with van der Waals surface area (Å²) in [6.45, 7) is 4.38. The molecule has 1 aromatic carbocycles. The van der Waals surface area contributed by atoms with Gasteiger partial charge in [0.1, 0.15) is 0 Å². The van der Waals surface area contributed by atoms with Crippen molar-refractivity contribution < 1.29 is 4.79 Å². The molecule has 2 atom stereocenters. The Hall–Kier alpha value is -1.31. The monoisotopic (exact) mass is 257 g/mol. The molecule has 0 spiro atoms. The van der Waals surface area contributed by atoms with Gasteiger partial charge in [0.05, 0.1) is 5.92 Å². The van der Waals surface area contributed by atoms with E-state index in [4.69, 9.17) is 0 Å². The van der Waals surface area contributed by atoms with Crippen LogP contribution in [0.25, 0.3) is 0 Å². The number of fused-ring (bicyclic) bond motifs is 1. The van der Waals surface area contributed by atoms with E-state index in [1.54, 1.807) is 0 Å². The summed E-state index contributed by atoms with van der Waals surface area (Å²) in [5.74, 6) is 1.45. The van der Waals surface area contributed by atoms with E-state index in [1.165, 1.54) is 43.2 Å². The van der Waals surface area contributed by atoms with Crippen LogP contribution in [0.2, 0.25) is 0 Å². The Labute approximate surface area is 115 Å². The standard InChI is InChI=1S/C17H23NO/c1-11-8-9-15-14(10-11)16(17(19)18-15)12(2)13-6-4-3-5-7-13/h8-10,12-13,16H,3-7H2,1-2H3,(H,18,19). The van der Waals surface area contributed by atoms with Crippen LogP contribution in [0.15, 0.2) is 18.2 Å². The SMILES string of the molecule is Cc1ccc2c(c1)C(C(C)C1CCCCC1)C(=O)N2. The molecule has 2 heteroatoms. The largest absolute Gasteiger partial charge is 0.325 e. The summed E-state index contributed by atoms with van der Waals surface area (Å²) in [5, 5.41) is 3.06. The number of anilines is 1. The fraction of sp³-hybridized carbons (Fsp3) is 0.588. The van der Waals surface area contributed by atoms with Gasteiger partial charge in [-0.2, -0.15) is 0 Å². The van der Waals surface area contributed by atoms with Crippen LogP contribution < -0.4 is 5.32 Å². The van der Waals surface area contributed by atoms with Crippen LogP contribution in [0.5, 0.6) is 0 Å². The lowest BCUT2D eigenvalue weighted by atomic mass is 9.73. The third kappa shape index (κ3) is 2.29. The molecular formula is C17H23NO. The predicted molar refractivity (Wildman–Crippen MR) is 78.3 cm³/mol. The van der Waals surface area contributed by atoms with Crippen molar-refractivity contribution in [3.63, 3.8) is 0 Å². The van der Waals surface area contributed by atoms with Crippen LogP contribution in [0.4, 0.5) is 5.69 Å². The van der Waals surface area contributed by atoms with Crippen LogP contribution in [-0.4, -0.2) is 5.91 Å². The van der Waals surface area contributed by atoms with Crippen molar-refractivity contribution in [2.75, 3.05) is 5.32 Å². The molecule has 2 unspecified atom stereocenters. The molecule has 1 fully saturated rings. The van der Waals surface area contributed by atoms with Crippen molar-refractivity contribution in [2.24, 2.45) is 11.8 Å². The number of rotatable bonds is 2. The molecule has 0 saturated heterocycles. The van der Waals surface area contributed by atoms with Gasteiger partial charge in [0.2, 0.25) is 5.91 Å². The van der Waals surface area contributed by atoms with Crippen LogP contribution in [0, 0.1) is 18.8 Å². The highest BCUT2D eigenvalue weighted by molar-refractivity contribution is 6.03. The van der Waals surface area contributed by atoms with Crippen molar-refractivity contribution in [1.29, 1.82) is 0 Å². The van der Waals surface area contributed by atoms with Crippen molar-refractivity contribution in [2.45, 2.75) is 51.9 Å². The number of benzene rings is 1. The fourth-order valence-corrected chi connectivity index (χ4v) is 3.86. The number of hydrogen-bond acceptors (Lipinski definition) is 1. The molecule has 1 aliphatic carbocycles. The van der Waals surface area contributed by atoms with E-state index in [1.807, 2.05) is 0 Å². The summed E-state index contributed by atoms with van der Waals surface area (Å²) in [6.07, 6.45) is 6.64. The smallest absolute Gasteiger partial charge is 0.232 e. The van der Waals surface area contributed by atoms with E-state index in [0.717, 1.165) is 11.6 Å². The number of carbonyl (C=O) groups excluding carboxylic acids is 1. The van der Waals surface area contributed by atoms with E-state index in [2.05, 4.69) is 37.4 Å². The zero-order chi connectivity index (χ0) is 13.4. The van der Waals surface area contributed by atoms with Crippen molar-refractivity contribution in [3.05, 3.63) is 29.3 Å². The third-order valence-corrected chi connectivity index (χ3v) is 5.00. The molecule has 1 aromatic rings. The first-order valence-corrected chi connectivity index (χ1v) is 7.58. The summed E-state index contributed by atoms with van der Waals surface area (Å²) < 4.78 is 0. The highest BCUT2D eigenvalue weighted by atomic mass is 16.2. The molecule has 0 bridgehead atoms. The Balaban J connectivity index is 1.88. The van der Waals surface area contributed by atoms with Crippen molar-refractivity contribution >= 4 is 11.6 Å². The first-order valence-electron chi connectivity index (χ1n) is 7.58. The van der Waals surface area contributed by atoms with Gasteiger partial charge in [-0.25, -0.2) is 0 Å². The quantitative estimate of drug-likeness (QED) is 0.843. The molecule has 1 aliphatic heterocycles. The molecule has 1 heterocycles. The highest BCUT2D eigenvalue weighted by Gasteiger charge is 2.38. The lowest BCUT2D eigenvalue weighted by Gasteiger charge is -2.30. The molecule has 1 amide bonds. The maximum Gasteiger partial charge on any atom is 0.232 e. The van der Waals surface area contributed by atoms with Crippen molar-refractivity contribution in [3.8, 4) is 0 Å².